The molecule has 0 radical (unpaired) electrons. The Labute approximate surface area is 81.5 Å². The van der Waals surface area contributed by atoms with Crippen LogP contribution in [0.2, 0.25) is 0 Å². The maximum absolute atomic E-state index is 10.8. The van der Waals surface area contributed by atoms with Crippen LogP contribution in [0.5, 0.6) is 0 Å². The molecule has 1 atom stereocenters. The molecule has 0 aliphatic carbocycles. The highest BCUT2D eigenvalue weighted by atomic mass is 16.2. The highest BCUT2D eigenvalue weighted by Gasteiger charge is 2.16. The summed E-state index contributed by atoms with van der Waals surface area (Å²) < 4.78 is 0. The number of nitrogens with zero attached hydrogens (tertiary/aromatic N) is 1. The Morgan fingerprint density at radius 3 is 2.54 bits per heavy atom. The fourth-order valence-corrected chi connectivity index (χ4v) is 1.37. The first-order chi connectivity index (χ1) is 6.20. The number of carbonyl (C=O) groups excluding carboxylic acids is 1. The molecule has 1 aliphatic heterocycles. The second-order valence-electron chi connectivity index (χ2n) is 3.19. The number of carbonyl (C=O) groups is 1. The minimum absolute atomic E-state index is 0.152. The van der Waals surface area contributed by atoms with Gasteiger partial charge in [0.1, 0.15) is 0 Å². The third-order valence-electron chi connectivity index (χ3n) is 2.19. The number of likely N-dealkylation sites (N-methyl/N-ethyl adjacent to an activating group) is 1. The molecule has 13 heavy (non-hydrogen) atoms. The van der Waals surface area contributed by atoms with E-state index >= 15 is 0 Å². The van der Waals surface area contributed by atoms with E-state index in [1.54, 1.807) is 11.8 Å². The van der Waals surface area contributed by atoms with Crippen LogP contribution in [0.4, 0.5) is 0 Å². The number of hydrogen-bond donors (Lipinski definition) is 1. The van der Waals surface area contributed by atoms with Gasteiger partial charge in [-0.3, -0.25) is 4.79 Å². The lowest BCUT2D eigenvalue weighted by molar-refractivity contribution is -0.127. The molecule has 78 valence electrons. The van der Waals surface area contributed by atoms with Crippen LogP contribution < -0.4 is 5.32 Å². The molecule has 1 heterocycles. The van der Waals surface area contributed by atoms with Crippen molar-refractivity contribution in [3.63, 3.8) is 0 Å². The fraction of sp³-hybridized carbons (Fsp3) is 0.900. The van der Waals surface area contributed by atoms with Gasteiger partial charge in [0.2, 0.25) is 5.91 Å². The Balaban J connectivity index is 0.000000671. The third-order valence-corrected chi connectivity index (χ3v) is 2.19. The van der Waals surface area contributed by atoms with Crippen LogP contribution in [-0.4, -0.2) is 37.0 Å². The van der Waals surface area contributed by atoms with Crippen LogP contribution in [0, 0.1) is 0 Å². The zero-order valence-electron chi connectivity index (χ0n) is 9.26. The summed E-state index contributed by atoms with van der Waals surface area (Å²) in [6, 6.07) is 0.531. The van der Waals surface area contributed by atoms with Crippen molar-refractivity contribution < 1.29 is 4.79 Å². The summed E-state index contributed by atoms with van der Waals surface area (Å²) in [5.74, 6) is 0.152. The maximum Gasteiger partial charge on any atom is 0.219 e. The molecule has 0 spiro atoms. The van der Waals surface area contributed by atoms with Gasteiger partial charge in [-0.25, -0.2) is 0 Å². The summed E-state index contributed by atoms with van der Waals surface area (Å²) in [7, 11) is 1.85. The summed E-state index contributed by atoms with van der Waals surface area (Å²) >= 11 is 0. The molecular weight excluding hydrogens is 164 g/mol. The normalized spacial score (nSPS) is 20.5. The van der Waals surface area contributed by atoms with Crippen molar-refractivity contribution in [3.8, 4) is 0 Å². The van der Waals surface area contributed by atoms with Gasteiger partial charge >= 0.3 is 0 Å². The van der Waals surface area contributed by atoms with E-state index in [1.165, 1.54) is 12.8 Å². The number of rotatable bonds is 2. The van der Waals surface area contributed by atoms with Crippen molar-refractivity contribution in [3.05, 3.63) is 0 Å². The maximum atomic E-state index is 10.8. The molecule has 0 aromatic rings. The van der Waals surface area contributed by atoms with Crippen LogP contribution in [0.1, 0.15) is 33.6 Å². The van der Waals surface area contributed by atoms with Gasteiger partial charge in [-0.1, -0.05) is 13.8 Å². The van der Waals surface area contributed by atoms with Crippen molar-refractivity contribution in [2.24, 2.45) is 0 Å². The molecular formula is C10H22N2O. The van der Waals surface area contributed by atoms with Crippen LogP contribution in [0.15, 0.2) is 0 Å². The number of hydrogen-bond acceptors (Lipinski definition) is 2. The van der Waals surface area contributed by atoms with Crippen LogP contribution in [0.25, 0.3) is 0 Å². The Kier molecular flexibility index (Phi) is 6.59. The second-order valence-corrected chi connectivity index (χ2v) is 3.19. The smallest absolute Gasteiger partial charge is 0.219 e. The summed E-state index contributed by atoms with van der Waals surface area (Å²) in [5.41, 5.74) is 0. The predicted octanol–water partition coefficient (Wildman–Crippen LogP) is 1.24. The molecule has 3 nitrogen and oxygen atoms in total. The monoisotopic (exact) mass is 186 g/mol. The largest absolute Gasteiger partial charge is 0.344 e. The van der Waals surface area contributed by atoms with E-state index in [0.29, 0.717) is 6.04 Å². The van der Waals surface area contributed by atoms with Gasteiger partial charge in [0, 0.05) is 26.6 Å². The summed E-state index contributed by atoms with van der Waals surface area (Å²) in [6.07, 6.45) is 2.45. The number of amides is 1. The second kappa shape index (κ2) is 6.89. The zero-order valence-corrected chi connectivity index (χ0v) is 9.26. The topological polar surface area (TPSA) is 32.3 Å². The molecule has 0 bridgehead atoms. The van der Waals surface area contributed by atoms with E-state index in [2.05, 4.69) is 5.32 Å². The Hall–Kier alpha value is -0.570. The molecule has 1 saturated heterocycles. The zero-order chi connectivity index (χ0) is 10.3. The lowest BCUT2D eigenvalue weighted by atomic mass is 10.2. The summed E-state index contributed by atoms with van der Waals surface area (Å²) in [4.78, 5) is 12.6. The lowest BCUT2D eigenvalue weighted by Crippen LogP contribution is -2.37. The van der Waals surface area contributed by atoms with Crippen LogP contribution >= 0.6 is 0 Å². The van der Waals surface area contributed by atoms with Gasteiger partial charge in [-0.15, -0.1) is 0 Å². The predicted molar refractivity (Wildman–Crippen MR) is 55.7 cm³/mol. The summed E-state index contributed by atoms with van der Waals surface area (Å²) in [5, 5.41) is 3.35. The van der Waals surface area contributed by atoms with E-state index < -0.39 is 0 Å². The molecule has 0 aromatic carbocycles. The van der Waals surface area contributed by atoms with Crippen LogP contribution in [-0.2, 0) is 4.79 Å². The highest BCUT2D eigenvalue weighted by Crippen LogP contribution is 2.05. The minimum atomic E-state index is 0.152. The standard InChI is InChI=1S/C8H16N2O.C2H6/c1-7(11)10(2)6-8-4-3-5-9-8;1-2/h8-9H,3-6H2,1-2H3;1-2H3. The number of nitrogens with one attached hydrogen (secondary N) is 1. The highest BCUT2D eigenvalue weighted by molar-refractivity contribution is 5.72. The Morgan fingerprint density at radius 2 is 2.15 bits per heavy atom. The summed E-state index contributed by atoms with van der Waals surface area (Å²) in [6.45, 7) is 7.57. The molecule has 0 aromatic heterocycles. The molecule has 1 rings (SSSR count). The van der Waals surface area contributed by atoms with Gasteiger partial charge in [-0.2, -0.15) is 0 Å². The van der Waals surface area contributed by atoms with Gasteiger partial charge in [0.25, 0.3) is 0 Å². The van der Waals surface area contributed by atoms with E-state index in [-0.39, 0.29) is 5.91 Å². The molecule has 1 aliphatic rings. The van der Waals surface area contributed by atoms with Crippen molar-refractivity contribution in [1.82, 2.24) is 10.2 Å². The van der Waals surface area contributed by atoms with Crippen molar-refractivity contribution in [1.29, 1.82) is 0 Å². The molecule has 0 saturated carbocycles. The quantitative estimate of drug-likeness (QED) is 0.704. The Morgan fingerprint density at radius 1 is 1.54 bits per heavy atom. The molecule has 1 amide bonds. The first-order valence-electron chi connectivity index (χ1n) is 5.15. The van der Waals surface area contributed by atoms with E-state index in [4.69, 9.17) is 0 Å². The van der Waals surface area contributed by atoms with E-state index in [9.17, 15) is 4.79 Å². The van der Waals surface area contributed by atoms with Crippen molar-refractivity contribution >= 4 is 5.91 Å². The molecule has 1 fully saturated rings. The van der Waals surface area contributed by atoms with Crippen molar-refractivity contribution in [2.45, 2.75) is 39.7 Å². The molecule has 3 heteroatoms. The van der Waals surface area contributed by atoms with Gasteiger partial charge in [0.05, 0.1) is 0 Å². The van der Waals surface area contributed by atoms with Gasteiger partial charge < -0.3 is 10.2 Å². The molecule has 1 unspecified atom stereocenters. The van der Waals surface area contributed by atoms with Gasteiger partial charge in [0.15, 0.2) is 0 Å². The Bertz CT molecular complexity index is 142. The molecule has 1 N–H and O–H groups in total. The third kappa shape index (κ3) is 4.88. The van der Waals surface area contributed by atoms with Crippen LogP contribution in [0.3, 0.4) is 0 Å². The van der Waals surface area contributed by atoms with E-state index in [0.717, 1.165) is 13.1 Å². The SMILES string of the molecule is CC.CC(=O)N(C)CC1CCCN1. The minimum Gasteiger partial charge on any atom is -0.344 e. The van der Waals surface area contributed by atoms with E-state index in [1.807, 2.05) is 20.9 Å². The van der Waals surface area contributed by atoms with Crippen molar-refractivity contribution in [2.75, 3.05) is 20.1 Å². The van der Waals surface area contributed by atoms with Gasteiger partial charge in [-0.05, 0) is 19.4 Å². The average molecular weight is 186 g/mol. The first kappa shape index (κ1) is 12.4. The lowest BCUT2D eigenvalue weighted by Gasteiger charge is -2.19. The first-order valence-corrected chi connectivity index (χ1v) is 5.15. The average Bonchev–Trinajstić information content (AvgIpc) is 2.60. The fourth-order valence-electron chi connectivity index (χ4n) is 1.37.